The SMILES string of the molecule is Cc1c(C(=O)NCCCCCO)cc(-c2ccc(S(=O)[O-])c(C(C)(C)C)c2)n1CC1CCCCC1. The van der Waals surface area contributed by atoms with E-state index in [4.69, 9.17) is 5.11 Å². The molecule has 1 aliphatic rings. The van der Waals surface area contributed by atoms with Gasteiger partial charge in [-0.3, -0.25) is 9.00 Å². The van der Waals surface area contributed by atoms with Crippen molar-refractivity contribution < 1.29 is 18.7 Å². The van der Waals surface area contributed by atoms with Gasteiger partial charge >= 0.3 is 0 Å². The van der Waals surface area contributed by atoms with E-state index in [1.807, 2.05) is 45.9 Å². The Bertz CT molecular complexity index is 1030. The highest BCUT2D eigenvalue weighted by molar-refractivity contribution is 7.79. The first kappa shape index (κ1) is 27.6. The Morgan fingerprint density at radius 1 is 1.14 bits per heavy atom. The maximum Gasteiger partial charge on any atom is 0.253 e. The Labute approximate surface area is 212 Å². The Morgan fingerprint density at radius 3 is 2.49 bits per heavy atom. The van der Waals surface area contributed by atoms with Crippen LogP contribution >= 0.6 is 0 Å². The molecule has 1 unspecified atom stereocenters. The summed E-state index contributed by atoms with van der Waals surface area (Å²) in [6, 6.07) is 7.50. The molecule has 1 saturated carbocycles. The van der Waals surface area contributed by atoms with Crippen molar-refractivity contribution in [1.29, 1.82) is 0 Å². The van der Waals surface area contributed by atoms with Gasteiger partial charge in [0.1, 0.15) is 0 Å². The molecule has 1 aromatic carbocycles. The van der Waals surface area contributed by atoms with Gasteiger partial charge in [0.15, 0.2) is 0 Å². The van der Waals surface area contributed by atoms with Gasteiger partial charge in [0.2, 0.25) is 0 Å². The maximum absolute atomic E-state index is 13.1. The Morgan fingerprint density at radius 2 is 1.86 bits per heavy atom. The second kappa shape index (κ2) is 12.3. The summed E-state index contributed by atoms with van der Waals surface area (Å²) in [5.41, 5.74) is 3.97. The number of unbranched alkanes of at least 4 members (excludes halogenated alkanes) is 2. The first-order valence-electron chi connectivity index (χ1n) is 13.0. The van der Waals surface area contributed by atoms with Gasteiger partial charge in [-0.15, -0.1) is 0 Å². The summed E-state index contributed by atoms with van der Waals surface area (Å²) < 4.78 is 26.0. The molecule has 1 heterocycles. The van der Waals surface area contributed by atoms with E-state index in [1.54, 1.807) is 6.07 Å². The van der Waals surface area contributed by atoms with Crippen LogP contribution < -0.4 is 5.32 Å². The fourth-order valence-corrected chi connectivity index (χ4v) is 5.83. The molecule has 0 radical (unpaired) electrons. The minimum atomic E-state index is -2.31. The quantitative estimate of drug-likeness (QED) is 0.333. The third-order valence-corrected chi connectivity index (χ3v) is 7.88. The fourth-order valence-electron chi connectivity index (χ4n) is 5.11. The minimum Gasteiger partial charge on any atom is -0.768 e. The highest BCUT2D eigenvalue weighted by Crippen LogP contribution is 2.35. The summed E-state index contributed by atoms with van der Waals surface area (Å²) >= 11 is -2.31. The molecule has 1 amide bonds. The number of hydrogen-bond donors (Lipinski definition) is 2. The first-order valence-corrected chi connectivity index (χ1v) is 14.0. The lowest BCUT2D eigenvalue weighted by atomic mass is 9.85. The van der Waals surface area contributed by atoms with Crippen LogP contribution in [-0.4, -0.2) is 37.5 Å². The Balaban J connectivity index is 1.99. The number of aliphatic hydroxyl groups is 1. The smallest absolute Gasteiger partial charge is 0.253 e. The summed E-state index contributed by atoms with van der Waals surface area (Å²) in [4.78, 5) is 13.4. The zero-order chi connectivity index (χ0) is 25.6. The van der Waals surface area contributed by atoms with Crippen LogP contribution in [0.15, 0.2) is 29.2 Å². The monoisotopic (exact) mass is 501 g/mol. The van der Waals surface area contributed by atoms with Crippen molar-refractivity contribution in [3.05, 3.63) is 41.1 Å². The number of nitrogens with one attached hydrogen (secondary N) is 1. The van der Waals surface area contributed by atoms with Gasteiger partial charge in [-0.1, -0.05) is 46.1 Å². The molecule has 35 heavy (non-hydrogen) atoms. The van der Waals surface area contributed by atoms with Gasteiger partial charge < -0.3 is 19.5 Å². The first-order chi connectivity index (χ1) is 16.6. The van der Waals surface area contributed by atoms with E-state index >= 15 is 0 Å². The third kappa shape index (κ3) is 7.05. The zero-order valence-electron chi connectivity index (χ0n) is 21.7. The average molecular weight is 502 g/mol. The van der Waals surface area contributed by atoms with Crippen molar-refractivity contribution in [2.75, 3.05) is 13.2 Å². The molecule has 1 atom stereocenters. The van der Waals surface area contributed by atoms with Crippen molar-refractivity contribution in [3.63, 3.8) is 0 Å². The molecule has 2 N–H and O–H groups in total. The lowest BCUT2D eigenvalue weighted by Crippen LogP contribution is -2.25. The largest absolute Gasteiger partial charge is 0.768 e. The number of benzene rings is 1. The van der Waals surface area contributed by atoms with Crippen LogP contribution in [0.1, 0.15) is 93.8 Å². The molecule has 1 aromatic heterocycles. The molecule has 0 spiro atoms. The molecule has 7 heteroatoms. The summed E-state index contributed by atoms with van der Waals surface area (Å²) in [5.74, 6) is 0.502. The number of nitrogens with zero attached hydrogens (tertiary/aromatic N) is 1. The average Bonchev–Trinajstić information content (AvgIpc) is 3.14. The van der Waals surface area contributed by atoms with Crippen molar-refractivity contribution in [2.45, 2.75) is 95.9 Å². The van der Waals surface area contributed by atoms with Crippen LogP contribution in [-0.2, 0) is 23.0 Å². The topological polar surface area (TPSA) is 94.4 Å². The van der Waals surface area contributed by atoms with E-state index in [0.29, 0.717) is 22.9 Å². The molecule has 1 fully saturated rings. The molecular weight excluding hydrogens is 460 g/mol. The van der Waals surface area contributed by atoms with Crippen LogP contribution in [0.3, 0.4) is 0 Å². The number of rotatable bonds is 10. The lowest BCUT2D eigenvalue weighted by Gasteiger charge is -2.26. The van der Waals surface area contributed by atoms with Gasteiger partial charge in [-0.2, -0.15) is 0 Å². The van der Waals surface area contributed by atoms with Crippen LogP contribution in [0.25, 0.3) is 11.3 Å². The molecule has 2 aromatic rings. The molecule has 0 saturated heterocycles. The van der Waals surface area contributed by atoms with Crippen molar-refractivity contribution >= 4 is 17.0 Å². The van der Waals surface area contributed by atoms with Crippen LogP contribution in [0.2, 0.25) is 0 Å². The van der Waals surface area contributed by atoms with E-state index < -0.39 is 11.1 Å². The van der Waals surface area contributed by atoms with Crippen molar-refractivity contribution in [3.8, 4) is 11.3 Å². The van der Waals surface area contributed by atoms with Gasteiger partial charge in [-0.05, 0) is 90.8 Å². The molecule has 194 valence electrons. The van der Waals surface area contributed by atoms with E-state index in [1.165, 1.54) is 32.1 Å². The van der Waals surface area contributed by atoms with Crippen molar-refractivity contribution in [2.24, 2.45) is 5.92 Å². The van der Waals surface area contributed by atoms with E-state index in [9.17, 15) is 13.6 Å². The number of hydrogen-bond acceptors (Lipinski definition) is 4. The highest BCUT2D eigenvalue weighted by Gasteiger charge is 2.24. The summed E-state index contributed by atoms with van der Waals surface area (Å²) in [6.45, 7) is 9.69. The summed E-state index contributed by atoms with van der Waals surface area (Å²) in [7, 11) is 0. The number of aromatic nitrogens is 1. The van der Waals surface area contributed by atoms with Crippen LogP contribution in [0, 0.1) is 12.8 Å². The second-order valence-electron chi connectivity index (χ2n) is 10.9. The van der Waals surface area contributed by atoms with Gasteiger partial charge in [0, 0.05) is 36.0 Å². The minimum absolute atomic E-state index is 0.0801. The number of carbonyl (C=O) groups excluding carboxylic acids is 1. The lowest BCUT2D eigenvalue weighted by molar-refractivity contribution is 0.0952. The Hall–Kier alpha value is -1.96. The standard InChI is InChI=1S/C28H42N2O4S/c1-20-23(27(32)29-15-9-6-10-16-31)18-25(30(20)19-21-11-7-5-8-12-21)22-13-14-26(35(33)34)24(17-22)28(2,3)4/h13-14,17-18,21,31H,5-12,15-16,19H2,1-4H3,(H,29,32)(H,33,34)/p-1. The van der Waals surface area contributed by atoms with E-state index in [2.05, 4.69) is 9.88 Å². The van der Waals surface area contributed by atoms with Gasteiger partial charge in [0.25, 0.3) is 5.91 Å². The Kier molecular flexibility index (Phi) is 9.73. The summed E-state index contributed by atoms with van der Waals surface area (Å²) in [5, 5.41) is 12.0. The molecular formula is C28H41N2O4S-. The molecule has 1 aliphatic carbocycles. The molecule has 6 nitrogen and oxygen atoms in total. The van der Waals surface area contributed by atoms with Crippen molar-refractivity contribution in [1.82, 2.24) is 9.88 Å². The predicted octanol–water partition coefficient (Wildman–Crippen LogP) is 5.47. The number of amides is 1. The molecule has 0 aliphatic heterocycles. The highest BCUT2D eigenvalue weighted by atomic mass is 32.2. The maximum atomic E-state index is 13.1. The second-order valence-corrected chi connectivity index (χ2v) is 11.8. The molecule has 3 rings (SSSR count). The molecule has 0 bridgehead atoms. The fraction of sp³-hybridized carbons (Fsp3) is 0.607. The van der Waals surface area contributed by atoms with Crippen LogP contribution in [0.5, 0.6) is 0 Å². The zero-order valence-corrected chi connectivity index (χ0v) is 22.5. The van der Waals surface area contributed by atoms with Crippen LogP contribution in [0.4, 0.5) is 0 Å². The predicted molar refractivity (Wildman–Crippen MR) is 140 cm³/mol. The van der Waals surface area contributed by atoms with E-state index in [0.717, 1.165) is 48.3 Å². The number of carbonyl (C=O) groups is 1. The summed E-state index contributed by atoms with van der Waals surface area (Å²) in [6.07, 6.45) is 8.66. The van der Waals surface area contributed by atoms with Gasteiger partial charge in [0.05, 0.1) is 5.56 Å². The van der Waals surface area contributed by atoms with E-state index in [-0.39, 0.29) is 17.9 Å². The third-order valence-electron chi connectivity index (χ3n) is 7.16. The van der Waals surface area contributed by atoms with Gasteiger partial charge in [-0.25, -0.2) is 0 Å². The normalized spacial score (nSPS) is 15.8. The number of aliphatic hydroxyl groups excluding tert-OH is 1.